The molecule has 0 bridgehead atoms. The Kier molecular flexibility index (Phi) is 3.76. The Morgan fingerprint density at radius 1 is 1.32 bits per heavy atom. The van der Waals surface area contributed by atoms with E-state index in [9.17, 15) is 4.39 Å². The Morgan fingerprint density at radius 3 is 2.68 bits per heavy atom. The fourth-order valence-corrected chi connectivity index (χ4v) is 1.88. The average Bonchev–Trinajstić information content (AvgIpc) is 2.42. The monoisotopic (exact) mass is 280 g/mol. The molecular weight excluding hydrogens is 267 g/mol. The first kappa shape index (κ1) is 13.4. The molecule has 0 aliphatic heterocycles. The number of anilines is 3. The minimum absolute atomic E-state index is 0.118. The molecule has 1 atom stereocenters. The fourth-order valence-electron chi connectivity index (χ4n) is 1.74. The zero-order chi connectivity index (χ0) is 14.0. The van der Waals surface area contributed by atoms with Crippen LogP contribution in [0.15, 0.2) is 30.5 Å². The van der Waals surface area contributed by atoms with E-state index < -0.39 is 5.82 Å². The predicted molar refractivity (Wildman–Crippen MR) is 76.5 cm³/mol. The number of pyridine rings is 1. The number of nitrogens with one attached hydrogen (secondary N) is 1. The Hall–Kier alpha value is -2.01. The lowest BCUT2D eigenvalue weighted by Crippen LogP contribution is -2.12. The van der Waals surface area contributed by atoms with Crippen LogP contribution in [0.1, 0.15) is 18.7 Å². The largest absolute Gasteiger partial charge is 0.397 e. The summed E-state index contributed by atoms with van der Waals surface area (Å²) in [4.78, 5) is 4.19. The Labute approximate surface area is 115 Å². The summed E-state index contributed by atoms with van der Waals surface area (Å²) >= 11 is 5.77. The molecular formula is C13H14ClFN4. The van der Waals surface area contributed by atoms with Crippen molar-refractivity contribution in [2.24, 2.45) is 0 Å². The summed E-state index contributed by atoms with van der Waals surface area (Å²) in [5, 5.41) is 2.83. The molecule has 0 amide bonds. The van der Waals surface area contributed by atoms with Gasteiger partial charge in [0, 0.05) is 6.20 Å². The first-order valence-electron chi connectivity index (χ1n) is 5.71. The van der Waals surface area contributed by atoms with Crippen LogP contribution < -0.4 is 16.8 Å². The van der Waals surface area contributed by atoms with Crippen LogP contribution in [0.2, 0.25) is 5.02 Å². The third-order valence-electron chi connectivity index (χ3n) is 2.76. The maximum absolute atomic E-state index is 14.0. The zero-order valence-electron chi connectivity index (χ0n) is 10.3. The Morgan fingerprint density at radius 2 is 2.05 bits per heavy atom. The number of nitrogens with two attached hydrogens (primary N) is 2. The van der Waals surface area contributed by atoms with E-state index in [0.29, 0.717) is 0 Å². The topological polar surface area (TPSA) is 77.0 Å². The number of rotatable bonds is 3. The normalized spacial score (nSPS) is 12.2. The van der Waals surface area contributed by atoms with Crippen molar-refractivity contribution in [2.75, 3.05) is 16.8 Å². The molecule has 4 nitrogen and oxygen atoms in total. The van der Waals surface area contributed by atoms with Crippen LogP contribution in [-0.4, -0.2) is 4.98 Å². The van der Waals surface area contributed by atoms with Crippen LogP contribution in [0.25, 0.3) is 0 Å². The molecule has 2 rings (SSSR count). The highest BCUT2D eigenvalue weighted by molar-refractivity contribution is 6.33. The second kappa shape index (κ2) is 5.32. The molecule has 0 saturated heterocycles. The molecule has 0 spiro atoms. The molecule has 2 aromatic rings. The van der Waals surface area contributed by atoms with Crippen LogP contribution in [0.5, 0.6) is 0 Å². The van der Waals surface area contributed by atoms with E-state index in [1.807, 2.05) is 25.1 Å². The molecule has 0 radical (unpaired) electrons. The third-order valence-corrected chi connectivity index (χ3v) is 3.14. The molecule has 100 valence electrons. The highest BCUT2D eigenvalue weighted by Crippen LogP contribution is 2.35. The molecule has 19 heavy (non-hydrogen) atoms. The maximum Gasteiger partial charge on any atom is 0.169 e. The zero-order valence-corrected chi connectivity index (χ0v) is 11.1. The van der Waals surface area contributed by atoms with Crippen molar-refractivity contribution in [3.8, 4) is 0 Å². The van der Waals surface area contributed by atoms with Gasteiger partial charge in [-0.2, -0.15) is 0 Å². The predicted octanol–water partition coefficient (Wildman–Crippen LogP) is 3.21. The van der Waals surface area contributed by atoms with Crippen LogP contribution in [0.4, 0.5) is 21.5 Å². The lowest BCUT2D eigenvalue weighted by molar-refractivity contribution is 0.628. The van der Waals surface area contributed by atoms with Crippen molar-refractivity contribution in [3.63, 3.8) is 0 Å². The minimum Gasteiger partial charge on any atom is -0.397 e. The van der Waals surface area contributed by atoms with E-state index in [4.69, 9.17) is 23.1 Å². The number of nitrogen functional groups attached to an aromatic ring is 2. The SMILES string of the molecule is CC(Nc1c(N)cc(N)c(Cl)c1F)c1ccccn1. The molecule has 0 saturated carbocycles. The quantitative estimate of drug-likeness (QED) is 0.755. The van der Waals surface area contributed by atoms with Gasteiger partial charge >= 0.3 is 0 Å². The first-order chi connectivity index (χ1) is 9.00. The summed E-state index contributed by atoms with van der Waals surface area (Å²) in [5.74, 6) is -0.651. The number of hydrogen-bond donors (Lipinski definition) is 3. The van der Waals surface area contributed by atoms with Gasteiger partial charge in [0.25, 0.3) is 0 Å². The molecule has 1 heterocycles. The van der Waals surface area contributed by atoms with Crippen molar-refractivity contribution < 1.29 is 4.39 Å². The van der Waals surface area contributed by atoms with Gasteiger partial charge in [-0.3, -0.25) is 4.98 Å². The molecule has 1 unspecified atom stereocenters. The van der Waals surface area contributed by atoms with Crippen LogP contribution >= 0.6 is 11.6 Å². The second-order valence-corrected chi connectivity index (χ2v) is 4.56. The van der Waals surface area contributed by atoms with Gasteiger partial charge in [0.1, 0.15) is 5.02 Å². The summed E-state index contributed by atoms with van der Waals surface area (Å²) in [6.45, 7) is 1.85. The van der Waals surface area contributed by atoms with Gasteiger partial charge in [0.05, 0.1) is 28.8 Å². The molecule has 1 aromatic heterocycles. The Balaban J connectivity index is 2.32. The van der Waals surface area contributed by atoms with Crippen molar-refractivity contribution in [1.82, 2.24) is 4.98 Å². The lowest BCUT2D eigenvalue weighted by Gasteiger charge is -2.18. The smallest absolute Gasteiger partial charge is 0.169 e. The molecule has 0 aliphatic carbocycles. The first-order valence-corrected chi connectivity index (χ1v) is 6.09. The van der Waals surface area contributed by atoms with E-state index in [1.165, 1.54) is 6.07 Å². The van der Waals surface area contributed by atoms with E-state index in [0.717, 1.165) is 5.69 Å². The van der Waals surface area contributed by atoms with Crippen molar-refractivity contribution in [1.29, 1.82) is 0 Å². The summed E-state index contributed by atoms with van der Waals surface area (Å²) in [5.41, 5.74) is 12.5. The second-order valence-electron chi connectivity index (χ2n) is 4.18. The molecule has 0 aliphatic rings. The van der Waals surface area contributed by atoms with Gasteiger partial charge in [-0.05, 0) is 25.1 Å². The van der Waals surface area contributed by atoms with Crippen molar-refractivity contribution in [2.45, 2.75) is 13.0 Å². The van der Waals surface area contributed by atoms with Crippen LogP contribution in [0, 0.1) is 5.82 Å². The average molecular weight is 281 g/mol. The van der Waals surface area contributed by atoms with Gasteiger partial charge in [0.2, 0.25) is 0 Å². The van der Waals surface area contributed by atoms with Gasteiger partial charge < -0.3 is 16.8 Å². The number of aromatic nitrogens is 1. The van der Waals surface area contributed by atoms with Gasteiger partial charge in [-0.25, -0.2) is 4.39 Å². The molecule has 5 N–H and O–H groups in total. The highest BCUT2D eigenvalue weighted by atomic mass is 35.5. The summed E-state index contributed by atoms with van der Waals surface area (Å²) in [6, 6.07) is 6.73. The van der Waals surface area contributed by atoms with Gasteiger partial charge in [0.15, 0.2) is 5.82 Å². The highest BCUT2D eigenvalue weighted by Gasteiger charge is 2.17. The summed E-state index contributed by atoms with van der Waals surface area (Å²) in [7, 11) is 0. The molecule has 6 heteroatoms. The van der Waals surface area contributed by atoms with Crippen LogP contribution in [0.3, 0.4) is 0 Å². The lowest BCUT2D eigenvalue weighted by atomic mass is 10.1. The van der Waals surface area contributed by atoms with Gasteiger partial charge in [-0.1, -0.05) is 17.7 Å². The maximum atomic E-state index is 14.0. The number of hydrogen-bond acceptors (Lipinski definition) is 4. The van der Waals surface area contributed by atoms with Crippen molar-refractivity contribution >= 4 is 28.7 Å². The van der Waals surface area contributed by atoms with E-state index >= 15 is 0 Å². The van der Waals surface area contributed by atoms with E-state index in [-0.39, 0.29) is 28.1 Å². The number of halogens is 2. The number of benzene rings is 1. The molecule has 0 fully saturated rings. The number of nitrogens with zero attached hydrogens (tertiary/aromatic N) is 1. The summed E-state index contributed by atoms with van der Waals surface area (Å²) in [6.07, 6.45) is 1.67. The minimum atomic E-state index is -0.651. The van der Waals surface area contributed by atoms with Crippen LogP contribution in [-0.2, 0) is 0 Å². The fraction of sp³-hybridized carbons (Fsp3) is 0.154. The third kappa shape index (κ3) is 2.71. The molecule has 1 aromatic carbocycles. The summed E-state index contributed by atoms with van der Waals surface area (Å²) < 4.78 is 14.0. The van der Waals surface area contributed by atoms with Gasteiger partial charge in [-0.15, -0.1) is 0 Å². The standard InChI is InChI=1S/C13H14ClFN4/c1-7(10-4-2-3-5-18-10)19-13-9(17)6-8(16)11(14)12(13)15/h2-7,19H,16-17H2,1H3. The van der Waals surface area contributed by atoms with Crippen molar-refractivity contribution in [3.05, 3.63) is 47.0 Å². The van der Waals surface area contributed by atoms with E-state index in [2.05, 4.69) is 10.3 Å². The Bertz CT molecular complexity index is 589. The van der Waals surface area contributed by atoms with E-state index in [1.54, 1.807) is 6.20 Å².